The van der Waals surface area contributed by atoms with Gasteiger partial charge in [0.1, 0.15) is 29.8 Å². The predicted molar refractivity (Wildman–Crippen MR) is 77.5 cm³/mol. The Morgan fingerprint density at radius 3 is 2.22 bits per heavy atom. The van der Waals surface area contributed by atoms with Crippen LogP contribution in [0.15, 0.2) is 18.2 Å². The molecule has 0 saturated carbocycles. The van der Waals surface area contributed by atoms with Gasteiger partial charge in [-0.15, -0.1) is 0 Å². The van der Waals surface area contributed by atoms with Gasteiger partial charge in [0.15, 0.2) is 0 Å². The Kier molecular flexibility index (Phi) is 6.62. The number of halogens is 2. The van der Waals surface area contributed by atoms with Crippen LogP contribution in [0.2, 0.25) is 0 Å². The Balaban J connectivity index is 2.85. The molecular weight excluding hydrogens is 310 g/mol. The van der Waals surface area contributed by atoms with Crippen LogP contribution in [0.25, 0.3) is 0 Å². The highest BCUT2D eigenvalue weighted by Crippen LogP contribution is 2.13. The maximum Gasteiger partial charge on any atom is 0.325 e. The van der Waals surface area contributed by atoms with Crippen LogP contribution in [0.1, 0.15) is 24.2 Å². The van der Waals surface area contributed by atoms with Crippen molar-refractivity contribution in [2.24, 2.45) is 5.92 Å². The minimum atomic E-state index is -1.06. The van der Waals surface area contributed by atoms with Crippen molar-refractivity contribution in [3.63, 3.8) is 0 Å². The number of rotatable bonds is 6. The Morgan fingerprint density at radius 2 is 1.74 bits per heavy atom. The fourth-order valence-electron chi connectivity index (χ4n) is 1.80. The summed E-state index contributed by atoms with van der Waals surface area (Å²) in [5, 5.41) is 4.56. The Hall–Kier alpha value is -2.51. The van der Waals surface area contributed by atoms with E-state index in [0.29, 0.717) is 0 Å². The number of carbonyl (C=O) groups is 3. The van der Waals surface area contributed by atoms with Crippen molar-refractivity contribution in [1.82, 2.24) is 10.6 Å². The lowest BCUT2D eigenvalue weighted by Crippen LogP contribution is -2.51. The van der Waals surface area contributed by atoms with Gasteiger partial charge in [0.2, 0.25) is 5.91 Å². The first kappa shape index (κ1) is 18.5. The number of nitrogens with one attached hydrogen (secondary N) is 2. The lowest BCUT2D eigenvalue weighted by atomic mass is 10.0. The summed E-state index contributed by atoms with van der Waals surface area (Å²) in [4.78, 5) is 35.1. The van der Waals surface area contributed by atoms with Gasteiger partial charge in [0, 0.05) is 0 Å². The first-order valence-corrected chi connectivity index (χ1v) is 6.87. The number of hydrogen-bond acceptors (Lipinski definition) is 4. The van der Waals surface area contributed by atoms with Crippen molar-refractivity contribution in [2.45, 2.75) is 19.9 Å². The van der Waals surface area contributed by atoms with Gasteiger partial charge in [-0.25, -0.2) is 8.78 Å². The molecule has 8 heteroatoms. The molecule has 0 unspecified atom stereocenters. The quantitative estimate of drug-likeness (QED) is 0.763. The highest BCUT2D eigenvalue weighted by Gasteiger charge is 2.27. The van der Waals surface area contributed by atoms with Gasteiger partial charge in [-0.05, 0) is 18.1 Å². The summed E-state index contributed by atoms with van der Waals surface area (Å²) in [5.41, 5.74) is -0.765. The van der Waals surface area contributed by atoms with E-state index in [1.165, 1.54) is 0 Å². The van der Waals surface area contributed by atoms with Gasteiger partial charge >= 0.3 is 5.97 Å². The summed E-state index contributed by atoms with van der Waals surface area (Å²) in [6, 6.07) is 1.95. The first-order chi connectivity index (χ1) is 10.8. The van der Waals surface area contributed by atoms with Crippen LogP contribution in [-0.2, 0) is 14.3 Å². The molecule has 126 valence electrons. The molecule has 1 rings (SSSR count). The number of ether oxygens (including phenoxy) is 1. The molecule has 0 aliphatic heterocycles. The molecule has 0 aliphatic carbocycles. The van der Waals surface area contributed by atoms with Crippen molar-refractivity contribution in [2.75, 3.05) is 13.7 Å². The van der Waals surface area contributed by atoms with Crippen LogP contribution in [-0.4, -0.2) is 37.5 Å². The molecule has 1 aromatic carbocycles. The normalized spacial score (nSPS) is 11.7. The van der Waals surface area contributed by atoms with Gasteiger partial charge in [-0.3, -0.25) is 14.4 Å². The van der Waals surface area contributed by atoms with E-state index >= 15 is 0 Å². The molecule has 1 aromatic rings. The minimum absolute atomic E-state index is 0.369. The van der Waals surface area contributed by atoms with E-state index < -0.39 is 41.0 Å². The van der Waals surface area contributed by atoms with E-state index in [-0.39, 0.29) is 12.5 Å². The van der Waals surface area contributed by atoms with Crippen molar-refractivity contribution < 1.29 is 27.9 Å². The van der Waals surface area contributed by atoms with Crippen molar-refractivity contribution in [3.05, 3.63) is 35.4 Å². The highest BCUT2D eigenvalue weighted by atomic mass is 19.1. The average molecular weight is 328 g/mol. The summed E-state index contributed by atoms with van der Waals surface area (Å²) in [6.07, 6.45) is 0. The topological polar surface area (TPSA) is 84.5 Å². The monoisotopic (exact) mass is 328 g/mol. The molecule has 2 amide bonds. The van der Waals surface area contributed by atoms with Crippen molar-refractivity contribution >= 4 is 17.8 Å². The Bertz CT molecular complexity index is 585. The zero-order valence-electron chi connectivity index (χ0n) is 13.0. The number of carbonyl (C=O) groups excluding carboxylic acids is 3. The summed E-state index contributed by atoms with van der Waals surface area (Å²) in [5.74, 6) is -4.79. The smallest absolute Gasteiger partial charge is 0.325 e. The third kappa shape index (κ3) is 5.01. The molecule has 0 aliphatic rings. The van der Waals surface area contributed by atoms with E-state index in [1.807, 2.05) is 0 Å². The number of amides is 2. The van der Waals surface area contributed by atoms with Crippen LogP contribution < -0.4 is 10.6 Å². The molecule has 0 fully saturated rings. The van der Waals surface area contributed by atoms with Crippen LogP contribution in [0.4, 0.5) is 8.78 Å². The first-order valence-electron chi connectivity index (χ1n) is 6.87. The minimum Gasteiger partial charge on any atom is -0.468 e. The van der Waals surface area contributed by atoms with E-state index in [9.17, 15) is 23.2 Å². The zero-order valence-corrected chi connectivity index (χ0v) is 13.0. The molecule has 0 aromatic heterocycles. The van der Waals surface area contributed by atoms with E-state index in [4.69, 9.17) is 0 Å². The molecule has 6 nitrogen and oxygen atoms in total. The summed E-state index contributed by atoms with van der Waals surface area (Å²) in [6.45, 7) is 2.91. The molecule has 23 heavy (non-hydrogen) atoms. The van der Waals surface area contributed by atoms with Crippen LogP contribution in [0.5, 0.6) is 0 Å². The maximum absolute atomic E-state index is 13.6. The van der Waals surface area contributed by atoms with E-state index in [0.717, 1.165) is 25.3 Å². The third-order valence-corrected chi connectivity index (χ3v) is 3.06. The second kappa shape index (κ2) is 8.21. The fraction of sp³-hybridized carbons (Fsp3) is 0.400. The lowest BCUT2D eigenvalue weighted by Gasteiger charge is -2.21. The van der Waals surface area contributed by atoms with Crippen LogP contribution >= 0.6 is 0 Å². The molecule has 0 spiro atoms. The average Bonchev–Trinajstić information content (AvgIpc) is 2.49. The van der Waals surface area contributed by atoms with Crippen molar-refractivity contribution in [3.8, 4) is 0 Å². The summed E-state index contributed by atoms with van der Waals surface area (Å²) in [7, 11) is 1.16. The largest absolute Gasteiger partial charge is 0.468 e. The van der Waals surface area contributed by atoms with Crippen molar-refractivity contribution in [1.29, 1.82) is 0 Å². The summed E-state index contributed by atoms with van der Waals surface area (Å²) >= 11 is 0. The standard InChI is InChI=1S/C15H18F2N2O4/c1-8(2)13(15(22)18-7-11(20)23-3)19-14(21)12-9(16)5-4-6-10(12)17/h4-6,8,13H,7H2,1-3H3,(H,18,22)(H,19,21)/t13-/m0/s1. The van der Waals surface area contributed by atoms with Gasteiger partial charge in [-0.2, -0.15) is 0 Å². The molecule has 2 N–H and O–H groups in total. The zero-order chi connectivity index (χ0) is 17.6. The van der Waals surface area contributed by atoms with Gasteiger partial charge in [-0.1, -0.05) is 19.9 Å². The van der Waals surface area contributed by atoms with Crippen LogP contribution in [0.3, 0.4) is 0 Å². The molecule has 1 atom stereocenters. The van der Waals surface area contributed by atoms with E-state index in [1.54, 1.807) is 13.8 Å². The molecule has 0 heterocycles. The highest BCUT2D eigenvalue weighted by molar-refractivity contribution is 5.98. The van der Waals surface area contributed by atoms with E-state index in [2.05, 4.69) is 15.4 Å². The number of benzene rings is 1. The number of methoxy groups -OCH3 is 1. The Labute approximate surface area is 132 Å². The SMILES string of the molecule is COC(=O)CNC(=O)[C@@H](NC(=O)c1c(F)cccc1F)C(C)C. The molecule has 0 saturated heterocycles. The lowest BCUT2D eigenvalue weighted by molar-refractivity contribution is -0.141. The third-order valence-electron chi connectivity index (χ3n) is 3.06. The second-order valence-electron chi connectivity index (χ2n) is 5.09. The molecule has 0 bridgehead atoms. The predicted octanol–water partition coefficient (Wildman–Crippen LogP) is 1.01. The summed E-state index contributed by atoms with van der Waals surface area (Å²) < 4.78 is 31.6. The second-order valence-corrected chi connectivity index (χ2v) is 5.09. The molecule has 0 radical (unpaired) electrons. The Morgan fingerprint density at radius 1 is 1.17 bits per heavy atom. The maximum atomic E-state index is 13.6. The fourth-order valence-corrected chi connectivity index (χ4v) is 1.80. The molecular formula is C15H18F2N2O4. The van der Waals surface area contributed by atoms with Gasteiger partial charge < -0.3 is 15.4 Å². The van der Waals surface area contributed by atoms with Gasteiger partial charge in [0.25, 0.3) is 5.91 Å². The van der Waals surface area contributed by atoms with Crippen LogP contribution in [0, 0.1) is 17.6 Å². The van der Waals surface area contributed by atoms with Gasteiger partial charge in [0.05, 0.1) is 7.11 Å². The number of esters is 1. The number of hydrogen-bond donors (Lipinski definition) is 2.